The van der Waals surface area contributed by atoms with Gasteiger partial charge in [0.2, 0.25) is 0 Å². The SMILES string of the molecule is CCc1ccccc1C(=O)N(N)C(=O)c1ccccc1CC. The van der Waals surface area contributed by atoms with Crippen molar-refractivity contribution < 1.29 is 9.59 Å². The molecule has 0 aliphatic rings. The fraction of sp³-hybridized carbons (Fsp3) is 0.222. The van der Waals surface area contributed by atoms with Gasteiger partial charge in [-0.25, -0.2) is 10.9 Å². The Hall–Kier alpha value is -2.46. The van der Waals surface area contributed by atoms with Crippen molar-refractivity contribution in [3.63, 3.8) is 0 Å². The van der Waals surface area contributed by atoms with Gasteiger partial charge in [0.1, 0.15) is 0 Å². The van der Waals surface area contributed by atoms with E-state index in [1.54, 1.807) is 24.3 Å². The van der Waals surface area contributed by atoms with Gasteiger partial charge in [-0.2, -0.15) is 0 Å². The molecule has 0 aliphatic heterocycles. The Kier molecular flexibility index (Phi) is 5.07. The molecule has 0 heterocycles. The average molecular weight is 296 g/mol. The summed E-state index contributed by atoms with van der Waals surface area (Å²) < 4.78 is 0. The molecule has 2 aromatic carbocycles. The van der Waals surface area contributed by atoms with Gasteiger partial charge >= 0.3 is 0 Å². The standard InChI is InChI=1S/C18H20N2O2/c1-3-13-9-5-7-11-15(13)17(21)20(19)18(22)16-12-8-6-10-14(16)4-2/h5-12H,3-4,19H2,1-2H3. The topological polar surface area (TPSA) is 63.4 Å². The third-order valence-corrected chi connectivity index (χ3v) is 3.69. The third-order valence-electron chi connectivity index (χ3n) is 3.69. The molecule has 0 spiro atoms. The Bertz CT molecular complexity index is 635. The van der Waals surface area contributed by atoms with Crippen LogP contribution < -0.4 is 5.84 Å². The minimum absolute atomic E-state index is 0.467. The quantitative estimate of drug-likeness (QED) is 0.408. The number of hydrazine groups is 1. The molecular weight excluding hydrogens is 276 g/mol. The van der Waals surface area contributed by atoms with Crippen molar-refractivity contribution in [1.29, 1.82) is 0 Å². The van der Waals surface area contributed by atoms with Crippen LogP contribution in [0.15, 0.2) is 48.5 Å². The van der Waals surface area contributed by atoms with Gasteiger partial charge in [0.05, 0.1) is 0 Å². The minimum Gasteiger partial charge on any atom is -0.267 e. The number of amides is 2. The van der Waals surface area contributed by atoms with Crippen LogP contribution in [-0.4, -0.2) is 16.8 Å². The molecule has 0 saturated carbocycles. The van der Waals surface area contributed by atoms with Crippen LogP contribution in [0.2, 0.25) is 0 Å². The van der Waals surface area contributed by atoms with Gasteiger partial charge in [-0.1, -0.05) is 50.2 Å². The second-order valence-corrected chi connectivity index (χ2v) is 5.00. The molecule has 114 valence electrons. The lowest BCUT2D eigenvalue weighted by molar-refractivity contribution is 0.0614. The largest absolute Gasteiger partial charge is 0.275 e. The zero-order valence-corrected chi connectivity index (χ0v) is 12.9. The monoisotopic (exact) mass is 296 g/mol. The van der Waals surface area contributed by atoms with Crippen molar-refractivity contribution in [1.82, 2.24) is 5.01 Å². The van der Waals surface area contributed by atoms with Crippen LogP contribution in [0.1, 0.15) is 45.7 Å². The molecule has 0 radical (unpaired) electrons. The molecule has 0 bridgehead atoms. The van der Waals surface area contributed by atoms with Crippen molar-refractivity contribution in [3.8, 4) is 0 Å². The lowest BCUT2D eigenvalue weighted by Crippen LogP contribution is -2.43. The zero-order valence-electron chi connectivity index (χ0n) is 12.9. The summed E-state index contributed by atoms with van der Waals surface area (Å²) in [5.74, 6) is 4.85. The number of nitrogens with two attached hydrogens (primary N) is 1. The molecule has 0 unspecified atom stereocenters. The average Bonchev–Trinajstić information content (AvgIpc) is 2.59. The van der Waals surface area contributed by atoms with E-state index in [9.17, 15) is 9.59 Å². The molecule has 0 fully saturated rings. The molecule has 0 aromatic heterocycles. The van der Waals surface area contributed by atoms with Crippen molar-refractivity contribution in [2.45, 2.75) is 26.7 Å². The summed E-state index contributed by atoms with van der Waals surface area (Å²) in [6, 6.07) is 14.4. The Morgan fingerprint density at radius 2 is 1.18 bits per heavy atom. The number of nitrogens with zero attached hydrogens (tertiary/aromatic N) is 1. The lowest BCUT2D eigenvalue weighted by atomic mass is 10.0. The number of rotatable bonds is 4. The molecule has 2 rings (SSSR count). The second kappa shape index (κ2) is 7.00. The highest BCUT2D eigenvalue weighted by molar-refractivity contribution is 6.10. The van der Waals surface area contributed by atoms with E-state index in [1.165, 1.54) is 0 Å². The Labute approximate surface area is 130 Å². The molecule has 4 heteroatoms. The van der Waals surface area contributed by atoms with Crippen molar-refractivity contribution in [3.05, 3.63) is 70.8 Å². The first-order valence-corrected chi connectivity index (χ1v) is 7.39. The van der Waals surface area contributed by atoms with Crippen LogP contribution in [0.25, 0.3) is 0 Å². The van der Waals surface area contributed by atoms with E-state index in [0.29, 0.717) is 29.0 Å². The van der Waals surface area contributed by atoms with Crippen LogP contribution in [0.4, 0.5) is 0 Å². The maximum Gasteiger partial charge on any atom is 0.275 e. The molecule has 2 N–H and O–H groups in total. The van der Waals surface area contributed by atoms with Crippen LogP contribution in [0.3, 0.4) is 0 Å². The lowest BCUT2D eigenvalue weighted by Gasteiger charge is -2.18. The smallest absolute Gasteiger partial charge is 0.267 e. The normalized spacial score (nSPS) is 10.3. The van der Waals surface area contributed by atoms with E-state index < -0.39 is 11.8 Å². The molecular formula is C18H20N2O2. The zero-order chi connectivity index (χ0) is 16.1. The van der Waals surface area contributed by atoms with Crippen LogP contribution in [-0.2, 0) is 12.8 Å². The summed E-state index contributed by atoms with van der Waals surface area (Å²) in [7, 11) is 0. The van der Waals surface area contributed by atoms with E-state index in [1.807, 2.05) is 38.1 Å². The summed E-state index contributed by atoms with van der Waals surface area (Å²) in [6.07, 6.45) is 1.41. The molecule has 22 heavy (non-hydrogen) atoms. The van der Waals surface area contributed by atoms with E-state index in [-0.39, 0.29) is 0 Å². The number of carbonyl (C=O) groups excluding carboxylic acids is 2. The van der Waals surface area contributed by atoms with Gasteiger partial charge in [0.25, 0.3) is 11.8 Å². The third kappa shape index (κ3) is 3.07. The summed E-state index contributed by atoms with van der Waals surface area (Å²) in [5.41, 5.74) is 2.68. The molecule has 0 aliphatic carbocycles. The van der Waals surface area contributed by atoms with Gasteiger partial charge in [-0.05, 0) is 36.1 Å². The molecule has 0 atom stereocenters. The van der Waals surface area contributed by atoms with Crippen LogP contribution >= 0.6 is 0 Å². The van der Waals surface area contributed by atoms with Crippen LogP contribution in [0, 0.1) is 0 Å². The van der Waals surface area contributed by atoms with Gasteiger partial charge in [-0.3, -0.25) is 9.59 Å². The Morgan fingerprint density at radius 3 is 1.55 bits per heavy atom. The van der Waals surface area contributed by atoms with Crippen molar-refractivity contribution >= 4 is 11.8 Å². The second-order valence-electron chi connectivity index (χ2n) is 5.00. The summed E-state index contributed by atoms with van der Waals surface area (Å²) in [6.45, 7) is 3.92. The number of benzene rings is 2. The Morgan fingerprint density at radius 1 is 0.818 bits per heavy atom. The maximum absolute atomic E-state index is 12.5. The van der Waals surface area contributed by atoms with E-state index in [0.717, 1.165) is 11.1 Å². The minimum atomic E-state index is -0.478. The van der Waals surface area contributed by atoms with E-state index >= 15 is 0 Å². The highest BCUT2D eigenvalue weighted by atomic mass is 16.2. The summed E-state index contributed by atoms with van der Waals surface area (Å²) in [4.78, 5) is 25.0. The van der Waals surface area contributed by atoms with Gasteiger partial charge in [-0.15, -0.1) is 0 Å². The maximum atomic E-state index is 12.5. The van der Waals surface area contributed by atoms with E-state index in [4.69, 9.17) is 5.84 Å². The molecule has 2 aromatic rings. The number of hydrogen-bond acceptors (Lipinski definition) is 3. The first kappa shape index (κ1) is 15.9. The fourth-order valence-corrected chi connectivity index (χ4v) is 2.43. The number of aryl methyl sites for hydroxylation is 2. The van der Waals surface area contributed by atoms with Crippen molar-refractivity contribution in [2.24, 2.45) is 5.84 Å². The number of imide groups is 1. The highest BCUT2D eigenvalue weighted by Gasteiger charge is 2.23. The molecule has 4 nitrogen and oxygen atoms in total. The fourth-order valence-electron chi connectivity index (χ4n) is 2.43. The van der Waals surface area contributed by atoms with Gasteiger partial charge in [0.15, 0.2) is 0 Å². The van der Waals surface area contributed by atoms with Gasteiger partial charge < -0.3 is 0 Å². The van der Waals surface area contributed by atoms with Crippen molar-refractivity contribution in [2.75, 3.05) is 0 Å². The highest BCUT2D eigenvalue weighted by Crippen LogP contribution is 2.15. The predicted molar refractivity (Wildman–Crippen MR) is 86.3 cm³/mol. The van der Waals surface area contributed by atoms with Gasteiger partial charge in [0, 0.05) is 11.1 Å². The number of carbonyl (C=O) groups is 2. The molecule has 2 amide bonds. The summed E-state index contributed by atoms with van der Waals surface area (Å²) in [5, 5.41) is 0.711. The Balaban J connectivity index is 2.32. The first-order chi connectivity index (χ1) is 10.6. The first-order valence-electron chi connectivity index (χ1n) is 7.39. The predicted octanol–water partition coefficient (Wildman–Crippen LogP) is 2.97. The van der Waals surface area contributed by atoms with E-state index in [2.05, 4.69) is 0 Å². The van der Waals surface area contributed by atoms with Crippen LogP contribution in [0.5, 0.6) is 0 Å². The summed E-state index contributed by atoms with van der Waals surface area (Å²) >= 11 is 0. The molecule has 0 saturated heterocycles. The number of hydrogen-bond donors (Lipinski definition) is 1.